The molecule has 0 bridgehead atoms. The van der Waals surface area contributed by atoms with Crippen LogP contribution in [0.15, 0.2) is 48.2 Å². The summed E-state index contributed by atoms with van der Waals surface area (Å²) in [5, 5.41) is 5.20. The first-order valence-electron chi connectivity index (χ1n) is 6.69. The van der Waals surface area contributed by atoms with Gasteiger partial charge in [0, 0.05) is 24.0 Å². The molecule has 0 radical (unpaired) electrons. The first kappa shape index (κ1) is 14.3. The molecule has 1 amide bonds. The summed E-state index contributed by atoms with van der Waals surface area (Å²) in [6, 6.07) is 7.14. The van der Waals surface area contributed by atoms with Crippen LogP contribution < -0.4 is 5.32 Å². The molecule has 3 rings (SSSR count). The number of carbonyl (C=O) groups excluding carboxylic acids is 1. The standard InChI is InChI=1S/C15H13N5OS/c1-10(11-5-2-3-6-16-11)19-14(21)12-9-22-15(20-12)13-17-7-4-8-18-13/h2-10H,1H3,(H,19,21). The zero-order valence-electron chi connectivity index (χ0n) is 11.8. The summed E-state index contributed by atoms with van der Waals surface area (Å²) in [5.41, 5.74) is 1.16. The lowest BCUT2D eigenvalue weighted by Crippen LogP contribution is -2.27. The number of nitrogens with zero attached hydrogens (tertiary/aromatic N) is 4. The van der Waals surface area contributed by atoms with Crippen LogP contribution in [0.5, 0.6) is 0 Å². The maximum Gasteiger partial charge on any atom is 0.271 e. The monoisotopic (exact) mass is 311 g/mol. The normalized spacial score (nSPS) is 11.9. The third kappa shape index (κ3) is 3.15. The van der Waals surface area contributed by atoms with Crippen molar-refractivity contribution in [3.8, 4) is 10.8 Å². The molecule has 1 atom stereocenters. The van der Waals surface area contributed by atoms with Gasteiger partial charge in [-0.15, -0.1) is 11.3 Å². The molecule has 0 aliphatic heterocycles. The topological polar surface area (TPSA) is 80.7 Å². The highest BCUT2D eigenvalue weighted by atomic mass is 32.1. The van der Waals surface area contributed by atoms with Gasteiger partial charge in [0.25, 0.3) is 5.91 Å². The number of rotatable bonds is 4. The predicted octanol–water partition coefficient (Wildman–Crippen LogP) is 2.49. The molecule has 3 aromatic rings. The van der Waals surface area contributed by atoms with Crippen LogP contribution in [0, 0.1) is 0 Å². The van der Waals surface area contributed by atoms with E-state index in [1.54, 1.807) is 30.0 Å². The van der Waals surface area contributed by atoms with Gasteiger partial charge in [0.05, 0.1) is 11.7 Å². The van der Waals surface area contributed by atoms with Crippen LogP contribution in [0.2, 0.25) is 0 Å². The third-order valence-electron chi connectivity index (χ3n) is 2.97. The Morgan fingerprint density at radius 3 is 2.64 bits per heavy atom. The highest BCUT2D eigenvalue weighted by molar-refractivity contribution is 7.13. The van der Waals surface area contributed by atoms with Crippen LogP contribution in [0.1, 0.15) is 29.1 Å². The molecule has 0 saturated heterocycles. The number of hydrogen-bond acceptors (Lipinski definition) is 6. The summed E-state index contributed by atoms with van der Waals surface area (Å²) in [4.78, 5) is 29.0. The van der Waals surface area contributed by atoms with E-state index in [1.807, 2.05) is 25.1 Å². The zero-order valence-corrected chi connectivity index (χ0v) is 12.6. The van der Waals surface area contributed by atoms with Gasteiger partial charge in [-0.2, -0.15) is 0 Å². The van der Waals surface area contributed by atoms with E-state index in [4.69, 9.17) is 0 Å². The summed E-state index contributed by atoms with van der Waals surface area (Å²) in [6.45, 7) is 1.88. The molecule has 0 saturated carbocycles. The highest BCUT2D eigenvalue weighted by Gasteiger charge is 2.16. The molecular formula is C15H13N5OS. The minimum absolute atomic E-state index is 0.188. The van der Waals surface area contributed by atoms with Gasteiger partial charge in [0.15, 0.2) is 10.8 Å². The second-order valence-electron chi connectivity index (χ2n) is 4.56. The SMILES string of the molecule is CC(NC(=O)c1csc(-c2ncccn2)n1)c1ccccn1. The second-order valence-corrected chi connectivity index (χ2v) is 5.42. The van der Waals surface area contributed by atoms with Crippen LogP contribution >= 0.6 is 11.3 Å². The van der Waals surface area contributed by atoms with Crippen molar-refractivity contribution in [2.24, 2.45) is 0 Å². The average Bonchev–Trinajstić information content (AvgIpc) is 3.06. The fraction of sp³-hybridized carbons (Fsp3) is 0.133. The van der Waals surface area contributed by atoms with Crippen LogP contribution in [0.3, 0.4) is 0 Å². The van der Waals surface area contributed by atoms with Crippen LogP contribution in [-0.4, -0.2) is 25.8 Å². The summed E-state index contributed by atoms with van der Waals surface area (Å²) in [5.74, 6) is 0.279. The van der Waals surface area contributed by atoms with Crippen molar-refractivity contribution in [2.45, 2.75) is 13.0 Å². The van der Waals surface area contributed by atoms with E-state index in [0.717, 1.165) is 5.69 Å². The molecule has 3 heterocycles. The molecule has 0 aromatic carbocycles. The number of thiazole rings is 1. The molecule has 6 nitrogen and oxygen atoms in total. The molecule has 0 aliphatic carbocycles. The molecule has 110 valence electrons. The number of aromatic nitrogens is 4. The fourth-order valence-electron chi connectivity index (χ4n) is 1.87. The quantitative estimate of drug-likeness (QED) is 0.800. The Balaban J connectivity index is 1.72. The van der Waals surface area contributed by atoms with Crippen LogP contribution in [0.4, 0.5) is 0 Å². The van der Waals surface area contributed by atoms with E-state index in [0.29, 0.717) is 16.5 Å². The van der Waals surface area contributed by atoms with E-state index in [1.165, 1.54) is 11.3 Å². The van der Waals surface area contributed by atoms with Crippen molar-refractivity contribution in [2.75, 3.05) is 0 Å². The number of amides is 1. The number of hydrogen-bond donors (Lipinski definition) is 1. The molecule has 1 unspecified atom stereocenters. The minimum atomic E-state index is -0.239. The zero-order chi connectivity index (χ0) is 15.4. The lowest BCUT2D eigenvalue weighted by Gasteiger charge is -2.11. The van der Waals surface area contributed by atoms with Gasteiger partial charge in [0.1, 0.15) is 5.69 Å². The Morgan fingerprint density at radius 1 is 1.14 bits per heavy atom. The molecule has 0 spiro atoms. The largest absolute Gasteiger partial charge is 0.343 e. The maximum atomic E-state index is 12.2. The average molecular weight is 311 g/mol. The van der Waals surface area contributed by atoms with Gasteiger partial charge >= 0.3 is 0 Å². The molecule has 3 aromatic heterocycles. The Labute approximate surface area is 131 Å². The Hall–Kier alpha value is -2.67. The van der Waals surface area contributed by atoms with Gasteiger partial charge in [-0.3, -0.25) is 9.78 Å². The number of nitrogens with one attached hydrogen (secondary N) is 1. The van der Waals surface area contributed by atoms with Crippen LogP contribution in [-0.2, 0) is 0 Å². The van der Waals surface area contributed by atoms with Crippen molar-refractivity contribution in [3.05, 3.63) is 59.6 Å². The summed E-state index contributed by atoms with van der Waals surface area (Å²) in [6.07, 6.45) is 4.99. The fourth-order valence-corrected chi connectivity index (χ4v) is 2.61. The van der Waals surface area contributed by atoms with E-state index >= 15 is 0 Å². The maximum absolute atomic E-state index is 12.2. The van der Waals surface area contributed by atoms with Crippen molar-refractivity contribution < 1.29 is 4.79 Å². The lowest BCUT2D eigenvalue weighted by atomic mass is 10.2. The smallest absolute Gasteiger partial charge is 0.271 e. The summed E-state index contributed by atoms with van der Waals surface area (Å²) < 4.78 is 0. The highest BCUT2D eigenvalue weighted by Crippen LogP contribution is 2.20. The van der Waals surface area contributed by atoms with Gasteiger partial charge in [-0.05, 0) is 25.1 Å². The first-order valence-corrected chi connectivity index (χ1v) is 7.56. The van der Waals surface area contributed by atoms with Gasteiger partial charge < -0.3 is 5.32 Å². The molecule has 1 N–H and O–H groups in total. The van der Waals surface area contributed by atoms with E-state index in [-0.39, 0.29) is 11.9 Å². The molecule has 22 heavy (non-hydrogen) atoms. The minimum Gasteiger partial charge on any atom is -0.343 e. The number of carbonyl (C=O) groups is 1. The molecule has 0 fully saturated rings. The van der Waals surface area contributed by atoms with Crippen molar-refractivity contribution in [3.63, 3.8) is 0 Å². The Kier molecular flexibility index (Phi) is 4.15. The molecular weight excluding hydrogens is 298 g/mol. The van der Waals surface area contributed by atoms with Crippen LogP contribution in [0.25, 0.3) is 10.8 Å². The third-order valence-corrected chi connectivity index (χ3v) is 3.81. The van der Waals surface area contributed by atoms with Crippen molar-refractivity contribution in [1.82, 2.24) is 25.3 Å². The van der Waals surface area contributed by atoms with Gasteiger partial charge in [-0.1, -0.05) is 6.07 Å². The summed E-state index contributed by atoms with van der Waals surface area (Å²) in [7, 11) is 0. The summed E-state index contributed by atoms with van der Waals surface area (Å²) >= 11 is 1.34. The first-order chi connectivity index (χ1) is 10.7. The predicted molar refractivity (Wildman–Crippen MR) is 83.3 cm³/mol. The van der Waals surface area contributed by atoms with E-state index < -0.39 is 0 Å². The van der Waals surface area contributed by atoms with Gasteiger partial charge in [-0.25, -0.2) is 15.0 Å². The molecule has 7 heteroatoms. The number of pyridine rings is 1. The van der Waals surface area contributed by atoms with E-state index in [2.05, 4.69) is 25.3 Å². The van der Waals surface area contributed by atoms with Crippen molar-refractivity contribution >= 4 is 17.2 Å². The Morgan fingerprint density at radius 2 is 1.91 bits per heavy atom. The van der Waals surface area contributed by atoms with Crippen molar-refractivity contribution in [1.29, 1.82) is 0 Å². The lowest BCUT2D eigenvalue weighted by molar-refractivity contribution is 0.0935. The van der Waals surface area contributed by atoms with Gasteiger partial charge in [0.2, 0.25) is 0 Å². The Bertz CT molecular complexity index is 760. The molecule has 0 aliphatic rings. The van der Waals surface area contributed by atoms with E-state index in [9.17, 15) is 4.79 Å². The second kappa shape index (κ2) is 6.40.